The van der Waals surface area contributed by atoms with Gasteiger partial charge in [0.05, 0.1) is 0 Å². The highest BCUT2D eigenvalue weighted by atomic mass is 16.6. The number of hydrogen-bond donors (Lipinski definition) is 1. The van der Waals surface area contributed by atoms with Crippen molar-refractivity contribution < 1.29 is 19.1 Å². The lowest BCUT2D eigenvalue weighted by Gasteiger charge is -2.42. The van der Waals surface area contributed by atoms with Gasteiger partial charge in [0, 0.05) is 95.0 Å². The van der Waals surface area contributed by atoms with E-state index in [1.54, 1.807) is 4.90 Å². The fourth-order valence-electron chi connectivity index (χ4n) is 7.30. The van der Waals surface area contributed by atoms with Gasteiger partial charge < -0.3 is 29.7 Å². The number of benzene rings is 1. The van der Waals surface area contributed by atoms with Crippen LogP contribution < -0.4 is 5.32 Å². The van der Waals surface area contributed by atoms with Crippen LogP contribution >= 0.6 is 0 Å². The summed E-state index contributed by atoms with van der Waals surface area (Å²) in [6.45, 7) is 11.3. The van der Waals surface area contributed by atoms with Crippen LogP contribution in [0.5, 0.6) is 0 Å². The normalized spacial score (nSPS) is 21.4. The Morgan fingerprint density at radius 2 is 1.57 bits per heavy atom. The van der Waals surface area contributed by atoms with E-state index in [9.17, 15) is 14.4 Å². The smallest absolute Gasteiger partial charge is 0.410 e. The number of piperidine rings is 2. The van der Waals surface area contributed by atoms with Crippen LogP contribution in [0.4, 0.5) is 15.3 Å². The molecule has 5 heterocycles. The minimum Gasteiger partial charge on any atom is -0.436 e. The van der Waals surface area contributed by atoms with Crippen LogP contribution in [0, 0.1) is 13.8 Å². The number of fused-ring (bicyclic) bond motifs is 1. The molecule has 0 saturated carbocycles. The average Bonchev–Trinajstić information content (AvgIpc) is 3.24. The SMILES string of the molecule is Cc1cnc(CC(OC(=O)N2CCC(N3CCc4ccccc4NC3=O)CC2)C(=O)N2CCC(N3CCN(C)CC3)CC2)cc1C. The molecule has 1 N–H and O–H groups in total. The van der Waals surface area contributed by atoms with Crippen LogP contribution in [0.2, 0.25) is 0 Å². The van der Waals surface area contributed by atoms with Gasteiger partial charge in [0.15, 0.2) is 6.10 Å². The molecule has 0 radical (unpaired) electrons. The van der Waals surface area contributed by atoms with Crippen LogP contribution in [0.3, 0.4) is 0 Å². The minimum atomic E-state index is -0.935. The standard InChI is InChI=1S/C35H49N7O4/c1-25-22-28(36-24-26(25)2)23-32(33(43)40-13-9-29(10-14-40)39-20-18-38(3)19-21-39)46-35(45)41-15-11-30(12-16-41)42-17-8-27-6-4-5-7-31(27)37-34(42)44/h4-7,22,24,29-30,32H,8-21,23H2,1-3H3,(H,37,44). The minimum absolute atomic E-state index is 0.0390. The molecule has 0 bridgehead atoms. The summed E-state index contributed by atoms with van der Waals surface area (Å²) in [6, 6.07) is 10.3. The Hall–Kier alpha value is -3.70. The van der Waals surface area contributed by atoms with E-state index in [0.717, 1.165) is 73.5 Å². The summed E-state index contributed by atoms with van der Waals surface area (Å²) < 4.78 is 6.05. The molecule has 0 aliphatic carbocycles. The molecule has 248 valence electrons. The van der Waals surface area contributed by atoms with Gasteiger partial charge in [-0.3, -0.25) is 14.7 Å². The van der Waals surface area contributed by atoms with Crippen molar-refractivity contribution in [3.05, 3.63) is 58.9 Å². The number of para-hydroxylation sites is 1. The quantitative estimate of drug-likeness (QED) is 0.521. The number of likely N-dealkylation sites (tertiary alicyclic amines) is 2. The van der Waals surface area contributed by atoms with E-state index in [1.807, 2.05) is 54.1 Å². The Labute approximate surface area is 272 Å². The monoisotopic (exact) mass is 631 g/mol. The van der Waals surface area contributed by atoms with Crippen molar-refractivity contribution in [2.24, 2.45) is 0 Å². The number of amides is 4. The molecule has 3 fully saturated rings. The summed E-state index contributed by atoms with van der Waals surface area (Å²) in [4.78, 5) is 55.5. The zero-order valence-electron chi connectivity index (χ0n) is 27.6. The largest absolute Gasteiger partial charge is 0.436 e. The van der Waals surface area contributed by atoms with Gasteiger partial charge in [0.2, 0.25) is 0 Å². The molecule has 11 nitrogen and oxygen atoms in total. The maximum Gasteiger partial charge on any atom is 0.410 e. The number of ether oxygens (including phenoxy) is 1. The van der Waals surface area contributed by atoms with E-state index in [1.165, 1.54) is 0 Å². The summed E-state index contributed by atoms with van der Waals surface area (Å²) in [7, 11) is 2.17. The number of rotatable bonds is 6. The predicted octanol–water partition coefficient (Wildman–Crippen LogP) is 3.54. The van der Waals surface area contributed by atoms with E-state index in [0.29, 0.717) is 51.6 Å². The zero-order valence-corrected chi connectivity index (χ0v) is 27.6. The predicted molar refractivity (Wildman–Crippen MR) is 177 cm³/mol. The fraction of sp³-hybridized carbons (Fsp3) is 0.600. The van der Waals surface area contributed by atoms with Crippen molar-refractivity contribution in [3.8, 4) is 0 Å². The van der Waals surface area contributed by atoms with E-state index in [4.69, 9.17) is 4.74 Å². The summed E-state index contributed by atoms with van der Waals surface area (Å²) in [5.74, 6) is -0.138. The van der Waals surface area contributed by atoms with E-state index < -0.39 is 12.2 Å². The molecular formula is C35H49N7O4. The lowest BCUT2D eigenvalue weighted by atomic mass is 10.0. The Bertz CT molecular complexity index is 1400. The summed E-state index contributed by atoms with van der Waals surface area (Å²) in [5.41, 5.74) is 4.93. The summed E-state index contributed by atoms with van der Waals surface area (Å²) in [6.07, 6.45) is 4.64. The maximum atomic E-state index is 14.0. The van der Waals surface area contributed by atoms with Crippen molar-refractivity contribution in [3.63, 3.8) is 0 Å². The molecule has 11 heteroatoms. The third-order valence-electron chi connectivity index (χ3n) is 10.5. The number of carbonyl (C=O) groups is 3. The van der Waals surface area contributed by atoms with Crippen LogP contribution in [0.1, 0.15) is 48.1 Å². The Morgan fingerprint density at radius 1 is 0.891 bits per heavy atom. The Balaban J connectivity index is 1.07. The first kappa shape index (κ1) is 32.2. The second kappa shape index (κ2) is 14.4. The first-order valence-electron chi connectivity index (χ1n) is 17.0. The highest BCUT2D eigenvalue weighted by Gasteiger charge is 2.36. The van der Waals surface area contributed by atoms with Crippen molar-refractivity contribution in [1.29, 1.82) is 0 Å². The lowest BCUT2D eigenvalue weighted by molar-refractivity contribution is -0.142. The number of nitrogens with zero attached hydrogens (tertiary/aromatic N) is 6. The molecule has 46 heavy (non-hydrogen) atoms. The van der Waals surface area contributed by atoms with E-state index in [-0.39, 0.29) is 24.4 Å². The number of anilines is 1. The van der Waals surface area contributed by atoms with Gasteiger partial charge in [-0.05, 0) is 81.8 Å². The number of aromatic nitrogens is 1. The van der Waals surface area contributed by atoms with Crippen molar-refractivity contribution in [2.75, 3.05) is 71.3 Å². The Morgan fingerprint density at radius 3 is 2.28 bits per heavy atom. The van der Waals surface area contributed by atoms with Gasteiger partial charge in [-0.25, -0.2) is 9.59 Å². The zero-order chi connectivity index (χ0) is 32.2. The highest BCUT2D eigenvalue weighted by Crippen LogP contribution is 2.26. The first-order chi connectivity index (χ1) is 22.2. The Kier molecular flexibility index (Phi) is 10.1. The number of hydrogen-bond acceptors (Lipinski definition) is 7. The molecule has 4 aliphatic rings. The molecule has 4 aliphatic heterocycles. The summed E-state index contributed by atoms with van der Waals surface area (Å²) >= 11 is 0. The van der Waals surface area contributed by atoms with Crippen molar-refractivity contribution >= 4 is 23.7 Å². The lowest BCUT2D eigenvalue weighted by Crippen LogP contribution is -2.54. The second-order valence-electron chi connectivity index (χ2n) is 13.5. The molecule has 1 aromatic carbocycles. The molecule has 3 saturated heterocycles. The third kappa shape index (κ3) is 7.47. The van der Waals surface area contributed by atoms with Gasteiger partial charge in [-0.2, -0.15) is 0 Å². The second-order valence-corrected chi connectivity index (χ2v) is 13.5. The van der Waals surface area contributed by atoms with Gasteiger partial charge in [-0.15, -0.1) is 0 Å². The van der Waals surface area contributed by atoms with E-state index >= 15 is 0 Å². The maximum absolute atomic E-state index is 14.0. The number of aryl methyl sites for hydroxylation is 2. The molecule has 1 aromatic heterocycles. The number of urea groups is 1. The molecule has 1 unspecified atom stereocenters. The molecule has 6 rings (SSSR count). The van der Waals surface area contributed by atoms with Crippen LogP contribution in [-0.4, -0.2) is 132 Å². The topological polar surface area (TPSA) is 102 Å². The first-order valence-corrected chi connectivity index (χ1v) is 17.0. The van der Waals surface area contributed by atoms with Crippen molar-refractivity contribution in [2.45, 2.75) is 70.6 Å². The van der Waals surface area contributed by atoms with Crippen LogP contribution in [-0.2, 0) is 22.4 Å². The highest BCUT2D eigenvalue weighted by molar-refractivity contribution is 5.91. The molecule has 1 atom stereocenters. The number of piperazine rings is 1. The number of pyridine rings is 1. The molecule has 2 aromatic rings. The summed E-state index contributed by atoms with van der Waals surface area (Å²) in [5, 5.41) is 3.06. The van der Waals surface area contributed by atoms with Crippen LogP contribution in [0.25, 0.3) is 0 Å². The van der Waals surface area contributed by atoms with Gasteiger partial charge >= 0.3 is 12.1 Å². The van der Waals surface area contributed by atoms with Gasteiger partial charge in [0.25, 0.3) is 5.91 Å². The average molecular weight is 632 g/mol. The van der Waals surface area contributed by atoms with Crippen LogP contribution in [0.15, 0.2) is 36.5 Å². The molecular weight excluding hydrogens is 582 g/mol. The number of carbonyl (C=O) groups excluding carboxylic acids is 3. The van der Waals surface area contributed by atoms with Crippen molar-refractivity contribution in [1.82, 2.24) is 29.5 Å². The fourth-order valence-corrected chi connectivity index (χ4v) is 7.30. The third-order valence-corrected chi connectivity index (χ3v) is 10.5. The number of nitrogens with one attached hydrogen (secondary N) is 1. The van der Waals surface area contributed by atoms with Gasteiger partial charge in [0.1, 0.15) is 0 Å². The molecule has 4 amide bonds. The van der Waals surface area contributed by atoms with E-state index in [2.05, 4.69) is 33.2 Å². The number of likely N-dealkylation sites (N-methyl/N-ethyl adjacent to an activating group) is 1. The van der Waals surface area contributed by atoms with Gasteiger partial charge in [-0.1, -0.05) is 18.2 Å². The molecule has 0 spiro atoms.